The lowest BCUT2D eigenvalue weighted by molar-refractivity contribution is 0.631. The molecule has 5 heteroatoms. The molecule has 0 spiro atoms. The number of hydrogen-bond acceptors (Lipinski definition) is 4. The second kappa shape index (κ2) is 10.7. The highest BCUT2D eigenvalue weighted by atomic mass is 19.1. The average Bonchev–Trinajstić information content (AvgIpc) is 3.47. The third-order valence-electron chi connectivity index (χ3n) is 7.81. The maximum absolute atomic E-state index is 15.5. The lowest BCUT2D eigenvalue weighted by atomic mass is 9.98. The first-order valence-electron chi connectivity index (χ1n) is 14.4. The van der Waals surface area contributed by atoms with Crippen LogP contribution in [0.15, 0.2) is 150 Å². The van der Waals surface area contributed by atoms with Crippen LogP contribution in [0.1, 0.15) is 0 Å². The van der Waals surface area contributed by atoms with Crippen LogP contribution in [0.2, 0.25) is 0 Å². The molecule has 4 nitrogen and oxygen atoms in total. The van der Waals surface area contributed by atoms with Crippen molar-refractivity contribution < 1.29 is 8.81 Å². The lowest BCUT2D eigenvalue weighted by Gasteiger charge is -2.10. The van der Waals surface area contributed by atoms with Gasteiger partial charge in [-0.1, -0.05) is 103 Å². The normalized spacial score (nSPS) is 11.3. The minimum Gasteiger partial charge on any atom is -0.456 e. The van der Waals surface area contributed by atoms with Gasteiger partial charge in [0.1, 0.15) is 17.0 Å². The molecule has 0 atom stereocenters. The van der Waals surface area contributed by atoms with Crippen molar-refractivity contribution in [1.82, 2.24) is 15.0 Å². The van der Waals surface area contributed by atoms with Crippen LogP contribution in [0.4, 0.5) is 4.39 Å². The van der Waals surface area contributed by atoms with E-state index < -0.39 is 0 Å². The Morgan fingerprint density at radius 3 is 1.41 bits per heavy atom. The van der Waals surface area contributed by atoms with Crippen molar-refractivity contribution in [3.8, 4) is 56.4 Å². The quantitative estimate of drug-likeness (QED) is 0.207. The highest BCUT2D eigenvalue weighted by molar-refractivity contribution is 6.07. The van der Waals surface area contributed by atoms with Gasteiger partial charge in [-0.3, -0.25) is 0 Å². The number of benzene rings is 6. The summed E-state index contributed by atoms with van der Waals surface area (Å²) in [5, 5.41) is 1.91. The molecule has 0 bridgehead atoms. The molecule has 0 radical (unpaired) electrons. The van der Waals surface area contributed by atoms with E-state index in [1.165, 1.54) is 6.07 Å². The largest absolute Gasteiger partial charge is 0.456 e. The fraction of sp³-hybridized carbons (Fsp3) is 0. The topological polar surface area (TPSA) is 51.8 Å². The smallest absolute Gasteiger partial charge is 0.164 e. The molecule has 0 amide bonds. The zero-order valence-electron chi connectivity index (χ0n) is 23.5. The van der Waals surface area contributed by atoms with Crippen LogP contribution < -0.4 is 0 Å². The minimum absolute atomic E-state index is 0.327. The Kier molecular flexibility index (Phi) is 6.27. The Hall–Kier alpha value is -5.94. The molecule has 2 aromatic heterocycles. The summed E-state index contributed by atoms with van der Waals surface area (Å²) in [5.74, 6) is 1.26. The number of fused-ring (bicyclic) bond motifs is 3. The molecule has 0 N–H and O–H groups in total. The van der Waals surface area contributed by atoms with Gasteiger partial charge in [0, 0.05) is 33.0 Å². The van der Waals surface area contributed by atoms with E-state index in [9.17, 15) is 0 Å². The number of aromatic nitrogens is 3. The average molecular weight is 570 g/mol. The Balaban J connectivity index is 1.26. The molecular formula is C39H24FN3O. The number of nitrogens with zero attached hydrogens (tertiary/aromatic N) is 3. The van der Waals surface area contributed by atoms with Crippen molar-refractivity contribution in [3.05, 3.63) is 151 Å². The van der Waals surface area contributed by atoms with Crippen molar-refractivity contribution in [2.24, 2.45) is 0 Å². The molecule has 0 unspecified atom stereocenters. The summed E-state index contributed by atoms with van der Waals surface area (Å²) in [4.78, 5) is 14.4. The fourth-order valence-corrected chi connectivity index (χ4v) is 5.58. The molecule has 6 aromatic carbocycles. The Morgan fingerprint density at radius 1 is 0.386 bits per heavy atom. The zero-order valence-corrected chi connectivity index (χ0v) is 23.5. The van der Waals surface area contributed by atoms with E-state index in [1.807, 2.05) is 109 Å². The maximum atomic E-state index is 15.5. The highest BCUT2D eigenvalue weighted by Gasteiger charge is 2.16. The second-order valence-electron chi connectivity index (χ2n) is 10.6. The van der Waals surface area contributed by atoms with E-state index in [2.05, 4.69) is 24.3 Å². The summed E-state index contributed by atoms with van der Waals surface area (Å²) >= 11 is 0. The van der Waals surface area contributed by atoms with Gasteiger partial charge in [-0.2, -0.15) is 0 Å². The van der Waals surface area contributed by atoms with E-state index in [1.54, 1.807) is 6.07 Å². The van der Waals surface area contributed by atoms with E-state index in [0.717, 1.165) is 49.8 Å². The van der Waals surface area contributed by atoms with Crippen LogP contribution in [0, 0.1) is 5.82 Å². The SMILES string of the molecule is Fc1ccc(-c2nc(-c3ccccc3)nc(-c3ccccc3)n2)cc1-c1ccc2oc3ccc(-c4ccccc4)cc3c2c1. The molecule has 0 aliphatic rings. The lowest BCUT2D eigenvalue weighted by Crippen LogP contribution is -2.00. The molecule has 0 aliphatic heterocycles. The van der Waals surface area contributed by atoms with Crippen LogP contribution in [0.5, 0.6) is 0 Å². The highest BCUT2D eigenvalue weighted by Crippen LogP contribution is 2.36. The summed E-state index contributed by atoms with van der Waals surface area (Å²) in [6, 6.07) is 46.8. The summed E-state index contributed by atoms with van der Waals surface area (Å²) in [6.45, 7) is 0. The fourth-order valence-electron chi connectivity index (χ4n) is 5.58. The van der Waals surface area contributed by atoms with Crippen LogP contribution in [0.25, 0.3) is 78.4 Å². The van der Waals surface area contributed by atoms with Crippen molar-refractivity contribution in [2.75, 3.05) is 0 Å². The van der Waals surface area contributed by atoms with E-state index in [0.29, 0.717) is 28.6 Å². The standard InChI is InChI=1S/C39H24FN3O/c40-34-19-16-30(39-42-37(26-12-6-2-7-13-26)41-38(43-39)27-14-8-3-9-15-27)24-31(34)29-18-21-36-33(23-29)32-22-28(17-20-35(32)44-36)25-10-4-1-5-11-25/h1-24H. The van der Waals surface area contributed by atoms with Crippen molar-refractivity contribution in [2.45, 2.75) is 0 Å². The molecule has 0 fully saturated rings. The molecule has 8 rings (SSSR count). The van der Waals surface area contributed by atoms with Gasteiger partial charge >= 0.3 is 0 Å². The first-order valence-corrected chi connectivity index (χ1v) is 14.4. The van der Waals surface area contributed by atoms with Gasteiger partial charge in [0.2, 0.25) is 0 Å². The first-order chi connectivity index (χ1) is 21.7. The summed E-state index contributed by atoms with van der Waals surface area (Å²) in [6.07, 6.45) is 0. The number of hydrogen-bond donors (Lipinski definition) is 0. The van der Waals surface area contributed by atoms with Gasteiger partial charge in [0.05, 0.1) is 0 Å². The minimum atomic E-state index is -0.327. The second-order valence-corrected chi connectivity index (χ2v) is 10.6. The summed E-state index contributed by atoms with van der Waals surface area (Å²) < 4.78 is 21.7. The van der Waals surface area contributed by atoms with Gasteiger partial charge in [0.25, 0.3) is 0 Å². The van der Waals surface area contributed by atoms with Gasteiger partial charge in [0.15, 0.2) is 17.5 Å². The number of halogens is 1. The van der Waals surface area contributed by atoms with Crippen LogP contribution in [-0.4, -0.2) is 15.0 Å². The van der Waals surface area contributed by atoms with Crippen LogP contribution >= 0.6 is 0 Å². The first kappa shape index (κ1) is 25.7. The van der Waals surface area contributed by atoms with E-state index in [-0.39, 0.29) is 5.82 Å². The molecule has 0 saturated carbocycles. The van der Waals surface area contributed by atoms with Gasteiger partial charge in [-0.25, -0.2) is 19.3 Å². The predicted octanol–water partition coefficient (Wildman–Crippen LogP) is 10.2. The summed E-state index contributed by atoms with van der Waals surface area (Å²) in [7, 11) is 0. The Labute approximate surface area is 253 Å². The monoisotopic (exact) mass is 569 g/mol. The maximum Gasteiger partial charge on any atom is 0.164 e. The van der Waals surface area contributed by atoms with Gasteiger partial charge < -0.3 is 4.42 Å². The molecule has 208 valence electrons. The molecular weight excluding hydrogens is 545 g/mol. The summed E-state index contributed by atoms with van der Waals surface area (Å²) in [5.41, 5.74) is 7.41. The van der Waals surface area contributed by atoms with Crippen LogP contribution in [0.3, 0.4) is 0 Å². The zero-order chi connectivity index (χ0) is 29.5. The predicted molar refractivity (Wildman–Crippen MR) is 174 cm³/mol. The molecule has 0 saturated heterocycles. The molecule has 44 heavy (non-hydrogen) atoms. The molecule has 0 aliphatic carbocycles. The van der Waals surface area contributed by atoms with Gasteiger partial charge in [-0.15, -0.1) is 0 Å². The van der Waals surface area contributed by atoms with Gasteiger partial charge in [-0.05, 0) is 59.2 Å². The molecule has 8 aromatic rings. The van der Waals surface area contributed by atoms with E-state index >= 15 is 4.39 Å². The third-order valence-corrected chi connectivity index (χ3v) is 7.81. The molecule has 2 heterocycles. The Bertz CT molecular complexity index is 2220. The Morgan fingerprint density at radius 2 is 0.841 bits per heavy atom. The van der Waals surface area contributed by atoms with Crippen LogP contribution in [-0.2, 0) is 0 Å². The third kappa shape index (κ3) is 4.71. The van der Waals surface area contributed by atoms with E-state index in [4.69, 9.17) is 19.4 Å². The number of rotatable bonds is 5. The van der Waals surface area contributed by atoms with Crippen molar-refractivity contribution in [3.63, 3.8) is 0 Å². The van der Waals surface area contributed by atoms with Crippen molar-refractivity contribution in [1.29, 1.82) is 0 Å². The van der Waals surface area contributed by atoms with Crippen molar-refractivity contribution >= 4 is 21.9 Å². The number of furan rings is 1.